The van der Waals surface area contributed by atoms with Gasteiger partial charge in [0.2, 0.25) is 0 Å². The zero-order valence-corrected chi connectivity index (χ0v) is 11.0. The Kier molecular flexibility index (Phi) is 4.18. The molecule has 0 saturated carbocycles. The van der Waals surface area contributed by atoms with E-state index in [2.05, 4.69) is 15.5 Å². The molecule has 5 heteroatoms. The highest BCUT2D eigenvalue weighted by molar-refractivity contribution is 5.93. The third-order valence-electron chi connectivity index (χ3n) is 2.64. The maximum atomic E-state index is 12.1. The van der Waals surface area contributed by atoms with Gasteiger partial charge in [0, 0.05) is 11.8 Å². The summed E-state index contributed by atoms with van der Waals surface area (Å²) in [5, 5.41) is 9.47. The molecule has 1 unspecified atom stereocenters. The Balaban J connectivity index is 1.99. The molecule has 0 bridgehead atoms. The number of aromatic amines is 1. The lowest BCUT2D eigenvalue weighted by Gasteiger charge is -2.16. The molecule has 0 aliphatic rings. The summed E-state index contributed by atoms with van der Waals surface area (Å²) in [6, 6.07) is 11.1. The highest BCUT2D eigenvalue weighted by atomic mass is 16.5. The van der Waals surface area contributed by atoms with Gasteiger partial charge in [0.15, 0.2) is 11.9 Å². The van der Waals surface area contributed by atoms with Crippen molar-refractivity contribution in [3.63, 3.8) is 0 Å². The largest absolute Gasteiger partial charge is 0.481 e. The molecule has 1 heterocycles. The summed E-state index contributed by atoms with van der Waals surface area (Å²) in [7, 11) is 0. The number of carbonyl (C=O) groups excluding carboxylic acids is 1. The molecule has 0 aliphatic carbocycles. The molecule has 0 fully saturated rings. The molecule has 1 aromatic heterocycles. The quantitative estimate of drug-likeness (QED) is 0.867. The molecule has 1 atom stereocenters. The third-order valence-corrected chi connectivity index (χ3v) is 2.64. The van der Waals surface area contributed by atoms with Gasteiger partial charge in [0.25, 0.3) is 5.91 Å². The van der Waals surface area contributed by atoms with Crippen LogP contribution in [0, 0.1) is 6.92 Å². The summed E-state index contributed by atoms with van der Waals surface area (Å²) in [4.78, 5) is 12.1. The molecule has 2 N–H and O–H groups in total. The van der Waals surface area contributed by atoms with Crippen LogP contribution in [0.4, 0.5) is 5.82 Å². The maximum absolute atomic E-state index is 12.1. The maximum Gasteiger partial charge on any atom is 0.266 e. The van der Waals surface area contributed by atoms with Crippen LogP contribution >= 0.6 is 0 Å². The Labute approximate surface area is 112 Å². The number of amides is 1. The molecule has 2 rings (SSSR count). The number of nitrogens with zero attached hydrogens (tertiary/aromatic N) is 1. The number of rotatable bonds is 5. The fourth-order valence-corrected chi connectivity index (χ4v) is 1.67. The summed E-state index contributed by atoms with van der Waals surface area (Å²) in [5.41, 5.74) is 0.896. The number of hydrogen-bond acceptors (Lipinski definition) is 3. The van der Waals surface area contributed by atoms with Gasteiger partial charge in [-0.2, -0.15) is 5.10 Å². The number of para-hydroxylation sites is 1. The standard InChI is InChI=1S/C14H17N3O2/c1-3-12(19-11-7-5-4-6-8-11)14(18)15-13-9-10(2)16-17-13/h4-9,12H,3H2,1-2H3,(H2,15,16,17,18). The summed E-state index contributed by atoms with van der Waals surface area (Å²) in [6.07, 6.45) is 0.0591. The van der Waals surface area contributed by atoms with Gasteiger partial charge in [0.1, 0.15) is 5.75 Å². The van der Waals surface area contributed by atoms with E-state index >= 15 is 0 Å². The minimum absolute atomic E-state index is 0.196. The fourth-order valence-electron chi connectivity index (χ4n) is 1.67. The molecule has 0 saturated heterocycles. The number of aryl methyl sites for hydroxylation is 1. The van der Waals surface area contributed by atoms with Crippen molar-refractivity contribution in [1.82, 2.24) is 10.2 Å². The number of H-pyrrole nitrogens is 1. The van der Waals surface area contributed by atoms with Crippen LogP contribution in [0.3, 0.4) is 0 Å². The Morgan fingerprint density at radius 1 is 1.42 bits per heavy atom. The molecule has 19 heavy (non-hydrogen) atoms. The average molecular weight is 259 g/mol. The smallest absolute Gasteiger partial charge is 0.266 e. The minimum Gasteiger partial charge on any atom is -0.481 e. The Bertz CT molecular complexity index is 537. The molecule has 1 amide bonds. The number of carbonyl (C=O) groups is 1. The van der Waals surface area contributed by atoms with Gasteiger partial charge in [-0.25, -0.2) is 0 Å². The molecular weight excluding hydrogens is 242 g/mol. The predicted octanol–water partition coefficient (Wildman–Crippen LogP) is 2.51. The van der Waals surface area contributed by atoms with Crippen molar-refractivity contribution in [3.05, 3.63) is 42.1 Å². The van der Waals surface area contributed by atoms with E-state index < -0.39 is 6.10 Å². The molecule has 5 nitrogen and oxygen atoms in total. The van der Waals surface area contributed by atoms with Gasteiger partial charge in [-0.15, -0.1) is 0 Å². The van der Waals surface area contributed by atoms with E-state index in [0.29, 0.717) is 18.0 Å². The highest BCUT2D eigenvalue weighted by Crippen LogP contribution is 2.14. The second-order valence-corrected chi connectivity index (χ2v) is 4.25. The van der Waals surface area contributed by atoms with Gasteiger partial charge < -0.3 is 10.1 Å². The molecule has 0 radical (unpaired) electrons. The lowest BCUT2D eigenvalue weighted by atomic mass is 10.2. The van der Waals surface area contributed by atoms with E-state index in [4.69, 9.17) is 4.74 Å². The molecule has 1 aromatic carbocycles. The first-order chi connectivity index (χ1) is 9.19. The summed E-state index contributed by atoms with van der Waals surface area (Å²) >= 11 is 0. The van der Waals surface area contributed by atoms with Crippen LogP contribution in [-0.4, -0.2) is 22.2 Å². The molecule has 0 aliphatic heterocycles. The van der Waals surface area contributed by atoms with Gasteiger partial charge in [-0.3, -0.25) is 9.89 Å². The van der Waals surface area contributed by atoms with E-state index in [9.17, 15) is 4.79 Å². The van der Waals surface area contributed by atoms with E-state index in [0.717, 1.165) is 5.69 Å². The molecule has 100 valence electrons. The van der Waals surface area contributed by atoms with Crippen LogP contribution in [0.1, 0.15) is 19.0 Å². The second-order valence-electron chi connectivity index (χ2n) is 4.25. The van der Waals surface area contributed by atoms with Crippen LogP contribution in [0.25, 0.3) is 0 Å². The molecule has 0 spiro atoms. The van der Waals surface area contributed by atoms with E-state index in [1.807, 2.05) is 44.2 Å². The average Bonchev–Trinajstić information content (AvgIpc) is 2.82. The zero-order valence-electron chi connectivity index (χ0n) is 11.0. The lowest BCUT2D eigenvalue weighted by molar-refractivity contribution is -0.122. The summed E-state index contributed by atoms with van der Waals surface area (Å²) in [6.45, 7) is 3.78. The number of benzene rings is 1. The molecular formula is C14H17N3O2. The van der Waals surface area contributed by atoms with E-state index in [1.165, 1.54) is 0 Å². The topological polar surface area (TPSA) is 67.0 Å². The monoisotopic (exact) mass is 259 g/mol. The van der Waals surface area contributed by atoms with Gasteiger partial charge in [0.05, 0.1) is 0 Å². The van der Waals surface area contributed by atoms with Crippen molar-refractivity contribution in [3.8, 4) is 5.75 Å². The van der Waals surface area contributed by atoms with Gasteiger partial charge in [-0.1, -0.05) is 25.1 Å². The van der Waals surface area contributed by atoms with Crippen LogP contribution in [0.5, 0.6) is 5.75 Å². The summed E-state index contributed by atoms with van der Waals surface area (Å²) in [5.74, 6) is 0.998. The number of hydrogen-bond donors (Lipinski definition) is 2. The minimum atomic E-state index is -0.528. The molecule has 2 aromatic rings. The van der Waals surface area contributed by atoms with Crippen molar-refractivity contribution in [2.24, 2.45) is 0 Å². The van der Waals surface area contributed by atoms with Crippen molar-refractivity contribution in [2.45, 2.75) is 26.4 Å². The van der Waals surface area contributed by atoms with Crippen LogP contribution in [0.2, 0.25) is 0 Å². The van der Waals surface area contributed by atoms with Crippen LogP contribution in [-0.2, 0) is 4.79 Å². The Morgan fingerprint density at radius 3 is 2.74 bits per heavy atom. The third kappa shape index (κ3) is 3.58. The van der Waals surface area contributed by atoms with Crippen molar-refractivity contribution >= 4 is 11.7 Å². The zero-order chi connectivity index (χ0) is 13.7. The number of ether oxygens (including phenoxy) is 1. The number of nitrogens with one attached hydrogen (secondary N) is 2. The van der Waals surface area contributed by atoms with E-state index in [-0.39, 0.29) is 5.91 Å². The number of aromatic nitrogens is 2. The lowest BCUT2D eigenvalue weighted by Crippen LogP contribution is -2.32. The first-order valence-corrected chi connectivity index (χ1v) is 6.23. The Hall–Kier alpha value is -2.30. The first kappa shape index (κ1) is 13.1. The second kappa shape index (κ2) is 6.04. The predicted molar refractivity (Wildman–Crippen MR) is 73.1 cm³/mol. The normalized spacial score (nSPS) is 11.9. The Morgan fingerprint density at radius 2 is 2.16 bits per heavy atom. The first-order valence-electron chi connectivity index (χ1n) is 6.23. The van der Waals surface area contributed by atoms with Crippen LogP contribution < -0.4 is 10.1 Å². The van der Waals surface area contributed by atoms with Crippen LogP contribution in [0.15, 0.2) is 36.4 Å². The fraction of sp³-hybridized carbons (Fsp3) is 0.286. The SMILES string of the molecule is CCC(Oc1ccccc1)C(=O)Nc1cc(C)[nH]n1. The summed E-state index contributed by atoms with van der Waals surface area (Å²) < 4.78 is 5.65. The van der Waals surface area contributed by atoms with E-state index in [1.54, 1.807) is 6.07 Å². The van der Waals surface area contributed by atoms with Crippen molar-refractivity contribution < 1.29 is 9.53 Å². The highest BCUT2D eigenvalue weighted by Gasteiger charge is 2.19. The van der Waals surface area contributed by atoms with Crippen molar-refractivity contribution in [1.29, 1.82) is 0 Å². The van der Waals surface area contributed by atoms with Gasteiger partial charge >= 0.3 is 0 Å². The number of anilines is 1. The van der Waals surface area contributed by atoms with Gasteiger partial charge in [-0.05, 0) is 25.5 Å². The van der Waals surface area contributed by atoms with Crippen molar-refractivity contribution in [2.75, 3.05) is 5.32 Å².